The first kappa shape index (κ1) is 33.5. The van der Waals surface area contributed by atoms with Crippen molar-refractivity contribution in [1.29, 1.82) is 0 Å². The maximum absolute atomic E-state index is 6.64. The molecule has 52 heavy (non-hydrogen) atoms. The maximum atomic E-state index is 6.64. The van der Waals surface area contributed by atoms with Crippen LogP contribution in [0.15, 0.2) is 116 Å². The van der Waals surface area contributed by atoms with Gasteiger partial charge in [-0.1, -0.05) is 79.7 Å². The average molecular weight is 687 g/mol. The molecule has 7 heteroatoms. The normalized spacial score (nSPS) is 13.4. The van der Waals surface area contributed by atoms with E-state index in [4.69, 9.17) is 19.7 Å². The van der Waals surface area contributed by atoms with Gasteiger partial charge in [-0.05, 0) is 94.1 Å². The SMILES string of the molecule is CC(C)c1cc(C(C)(C)C)cnc1N1CN(c2cccc(Oc3ccc4c5ccccc5n(-c5cc(C(C)(C)C)ccn5)c4c3)c2)c2ncccc21. The van der Waals surface area contributed by atoms with E-state index in [1.165, 1.54) is 22.1 Å². The van der Waals surface area contributed by atoms with E-state index in [9.17, 15) is 0 Å². The van der Waals surface area contributed by atoms with E-state index in [2.05, 4.69) is 149 Å². The summed E-state index contributed by atoms with van der Waals surface area (Å²) in [5.41, 5.74) is 7.92. The van der Waals surface area contributed by atoms with Crippen molar-refractivity contribution < 1.29 is 4.74 Å². The summed E-state index contributed by atoms with van der Waals surface area (Å²) in [6.07, 6.45) is 5.80. The lowest BCUT2D eigenvalue weighted by atomic mass is 9.86. The Hall–Kier alpha value is -5.69. The number of rotatable bonds is 6. The molecule has 0 unspecified atom stereocenters. The van der Waals surface area contributed by atoms with Crippen LogP contribution in [-0.2, 0) is 10.8 Å². The Morgan fingerprint density at radius 3 is 2.17 bits per heavy atom. The molecule has 262 valence electrons. The quantitative estimate of drug-likeness (QED) is 0.174. The van der Waals surface area contributed by atoms with E-state index in [0.29, 0.717) is 12.6 Å². The third-order valence-electron chi connectivity index (χ3n) is 10.1. The van der Waals surface area contributed by atoms with Crippen LogP contribution in [-0.4, -0.2) is 26.2 Å². The number of hydrogen-bond acceptors (Lipinski definition) is 6. The van der Waals surface area contributed by atoms with Crippen molar-refractivity contribution in [2.24, 2.45) is 0 Å². The van der Waals surface area contributed by atoms with E-state index < -0.39 is 0 Å². The lowest BCUT2D eigenvalue weighted by Crippen LogP contribution is -2.26. The van der Waals surface area contributed by atoms with Gasteiger partial charge >= 0.3 is 0 Å². The Bertz CT molecular complexity index is 2450. The van der Waals surface area contributed by atoms with Crippen LogP contribution in [0.5, 0.6) is 11.5 Å². The highest BCUT2D eigenvalue weighted by molar-refractivity contribution is 6.09. The molecule has 0 fully saturated rings. The first-order valence-electron chi connectivity index (χ1n) is 18.2. The van der Waals surface area contributed by atoms with Gasteiger partial charge in [-0.3, -0.25) is 4.57 Å². The number of anilines is 4. The van der Waals surface area contributed by atoms with Gasteiger partial charge in [0.15, 0.2) is 5.82 Å². The maximum Gasteiger partial charge on any atom is 0.158 e. The van der Waals surface area contributed by atoms with Crippen LogP contribution in [0, 0.1) is 0 Å². The molecule has 0 aliphatic carbocycles. The summed E-state index contributed by atoms with van der Waals surface area (Å²) >= 11 is 0. The second-order valence-electron chi connectivity index (χ2n) is 16.2. The van der Waals surface area contributed by atoms with E-state index in [1.807, 2.05) is 36.8 Å². The van der Waals surface area contributed by atoms with Gasteiger partial charge in [0.25, 0.3) is 0 Å². The molecule has 0 saturated heterocycles. The molecule has 0 saturated carbocycles. The zero-order chi connectivity index (χ0) is 36.4. The second-order valence-corrected chi connectivity index (χ2v) is 16.2. The van der Waals surface area contributed by atoms with Crippen molar-refractivity contribution in [3.8, 4) is 17.3 Å². The molecule has 0 radical (unpaired) electrons. The smallest absolute Gasteiger partial charge is 0.158 e. The standard InChI is InChI=1S/C45H46N6O/c1-29(2)37-23-31(45(6,7)8)27-48-42(37)50-28-49(43-39(50)17-12-21-47-43)32-13-11-14-33(25-32)52-34-18-19-36-35-15-9-10-16-38(35)51(40(36)26-34)41-24-30(20-22-46-41)44(3,4)5/h9-27,29H,28H2,1-8H3. The van der Waals surface area contributed by atoms with Gasteiger partial charge < -0.3 is 14.5 Å². The molecule has 0 spiro atoms. The van der Waals surface area contributed by atoms with Crippen molar-refractivity contribution in [2.75, 3.05) is 16.5 Å². The van der Waals surface area contributed by atoms with Crippen molar-refractivity contribution >= 4 is 44.8 Å². The van der Waals surface area contributed by atoms with Crippen molar-refractivity contribution in [1.82, 2.24) is 19.5 Å². The summed E-state index contributed by atoms with van der Waals surface area (Å²) in [5.74, 6) is 4.58. The zero-order valence-corrected chi connectivity index (χ0v) is 31.3. The average Bonchev–Trinajstić information content (AvgIpc) is 3.67. The second kappa shape index (κ2) is 12.5. The fraction of sp³-hybridized carbons (Fsp3) is 0.267. The Balaban J connectivity index is 1.15. The fourth-order valence-electron chi connectivity index (χ4n) is 7.13. The molecule has 3 aromatic carbocycles. The molecule has 8 rings (SSSR count). The Labute approximate surface area is 306 Å². The minimum atomic E-state index is 0.00224. The molecule has 7 nitrogen and oxygen atoms in total. The molecule has 4 aromatic heterocycles. The van der Waals surface area contributed by atoms with Crippen molar-refractivity contribution in [3.63, 3.8) is 0 Å². The topological polar surface area (TPSA) is 59.3 Å². The van der Waals surface area contributed by atoms with Crippen LogP contribution < -0.4 is 14.5 Å². The number of ether oxygens (including phenoxy) is 1. The minimum absolute atomic E-state index is 0.00224. The number of benzene rings is 3. The Morgan fingerprint density at radius 1 is 0.615 bits per heavy atom. The van der Waals surface area contributed by atoms with E-state index in [1.54, 1.807) is 0 Å². The summed E-state index contributed by atoms with van der Waals surface area (Å²) in [6, 6.07) is 33.9. The summed E-state index contributed by atoms with van der Waals surface area (Å²) in [7, 11) is 0. The molecule has 0 atom stereocenters. The van der Waals surface area contributed by atoms with Gasteiger partial charge in [0, 0.05) is 47.2 Å². The van der Waals surface area contributed by atoms with Gasteiger partial charge in [-0.2, -0.15) is 0 Å². The van der Waals surface area contributed by atoms with Crippen LogP contribution >= 0.6 is 0 Å². The number of hydrogen-bond donors (Lipinski definition) is 0. The highest BCUT2D eigenvalue weighted by atomic mass is 16.5. The van der Waals surface area contributed by atoms with Gasteiger partial charge in [0.2, 0.25) is 0 Å². The number of pyridine rings is 3. The van der Waals surface area contributed by atoms with Gasteiger partial charge in [-0.15, -0.1) is 0 Å². The predicted octanol–water partition coefficient (Wildman–Crippen LogP) is 11.7. The summed E-state index contributed by atoms with van der Waals surface area (Å²) in [6.45, 7) is 18.5. The first-order chi connectivity index (χ1) is 24.9. The Morgan fingerprint density at radius 2 is 1.38 bits per heavy atom. The molecule has 5 heterocycles. The molecule has 1 aliphatic heterocycles. The molecule has 7 aromatic rings. The number of para-hydroxylation sites is 1. The van der Waals surface area contributed by atoms with Gasteiger partial charge in [0.1, 0.15) is 29.8 Å². The molecular weight excluding hydrogens is 641 g/mol. The van der Waals surface area contributed by atoms with E-state index in [-0.39, 0.29) is 10.8 Å². The van der Waals surface area contributed by atoms with Crippen LogP contribution in [0.2, 0.25) is 0 Å². The van der Waals surface area contributed by atoms with Crippen molar-refractivity contribution in [2.45, 2.75) is 72.1 Å². The summed E-state index contributed by atoms with van der Waals surface area (Å²) in [4.78, 5) is 19.3. The number of fused-ring (bicyclic) bond motifs is 4. The van der Waals surface area contributed by atoms with Crippen LogP contribution in [0.3, 0.4) is 0 Å². The minimum Gasteiger partial charge on any atom is -0.457 e. The summed E-state index contributed by atoms with van der Waals surface area (Å²) < 4.78 is 8.89. The molecule has 0 N–H and O–H groups in total. The molecule has 1 aliphatic rings. The zero-order valence-electron chi connectivity index (χ0n) is 31.3. The van der Waals surface area contributed by atoms with E-state index >= 15 is 0 Å². The molecule has 0 amide bonds. The number of aromatic nitrogens is 4. The summed E-state index contributed by atoms with van der Waals surface area (Å²) in [5, 5.41) is 2.34. The third-order valence-corrected chi connectivity index (χ3v) is 10.1. The van der Waals surface area contributed by atoms with Crippen molar-refractivity contribution in [3.05, 3.63) is 132 Å². The lowest BCUT2D eigenvalue weighted by molar-refractivity contribution is 0.483. The largest absolute Gasteiger partial charge is 0.457 e. The van der Waals surface area contributed by atoms with Gasteiger partial charge in [-0.25, -0.2) is 15.0 Å². The Kier molecular flexibility index (Phi) is 8.05. The third kappa shape index (κ3) is 5.94. The first-order valence-corrected chi connectivity index (χ1v) is 18.2. The monoisotopic (exact) mass is 686 g/mol. The fourth-order valence-corrected chi connectivity index (χ4v) is 7.13. The van der Waals surface area contributed by atoms with Crippen LogP contribution in [0.1, 0.15) is 78.0 Å². The molecule has 0 bridgehead atoms. The highest BCUT2D eigenvalue weighted by Gasteiger charge is 2.32. The van der Waals surface area contributed by atoms with Gasteiger partial charge in [0.05, 0.1) is 16.7 Å². The van der Waals surface area contributed by atoms with E-state index in [0.717, 1.165) is 56.7 Å². The highest BCUT2D eigenvalue weighted by Crippen LogP contribution is 2.45. The molecular formula is C45H46N6O. The predicted molar refractivity (Wildman–Crippen MR) is 214 cm³/mol. The van der Waals surface area contributed by atoms with Crippen LogP contribution in [0.25, 0.3) is 27.6 Å². The number of nitrogens with zero attached hydrogens (tertiary/aromatic N) is 6. The van der Waals surface area contributed by atoms with Crippen LogP contribution in [0.4, 0.5) is 23.0 Å². The lowest BCUT2D eigenvalue weighted by Gasteiger charge is -2.27.